The molecule has 1 aromatic heterocycles. The highest BCUT2D eigenvalue weighted by molar-refractivity contribution is 5.95. The van der Waals surface area contributed by atoms with Gasteiger partial charge in [0, 0.05) is 29.5 Å². The third kappa shape index (κ3) is 3.51. The first-order valence-corrected chi connectivity index (χ1v) is 13.9. The second-order valence-corrected chi connectivity index (χ2v) is 12.6. The van der Waals surface area contributed by atoms with Gasteiger partial charge in [0.15, 0.2) is 0 Å². The van der Waals surface area contributed by atoms with E-state index in [9.17, 15) is 24.9 Å². The highest BCUT2D eigenvalue weighted by Gasteiger charge is 2.71. The molecule has 1 aromatic rings. The zero-order valence-corrected chi connectivity index (χ0v) is 22.1. The molecule has 38 heavy (non-hydrogen) atoms. The van der Waals surface area contributed by atoms with Gasteiger partial charge in [0.05, 0.1) is 29.1 Å². The van der Waals surface area contributed by atoms with Crippen LogP contribution in [0.5, 0.6) is 0 Å². The van der Waals surface area contributed by atoms with Crippen LogP contribution in [0.25, 0.3) is 0 Å². The lowest BCUT2D eigenvalue weighted by molar-refractivity contribution is -0.237. The van der Waals surface area contributed by atoms with E-state index in [0.29, 0.717) is 50.0 Å². The summed E-state index contributed by atoms with van der Waals surface area (Å²) in [4.78, 5) is 24.5. The minimum Gasteiger partial charge on any atom is -0.469 e. The van der Waals surface area contributed by atoms with Crippen LogP contribution in [0.1, 0.15) is 80.8 Å². The van der Waals surface area contributed by atoms with Crippen LogP contribution in [0.3, 0.4) is 0 Å². The molecule has 0 radical (unpaired) electrons. The van der Waals surface area contributed by atoms with E-state index in [4.69, 9.17) is 9.15 Å². The predicted molar refractivity (Wildman–Crippen MR) is 137 cm³/mol. The zero-order valence-electron chi connectivity index (χ0n) is 22.1. The van der Waals surface area contributed by atoms with Crippen LogP contribution >= 0.6 is 0 Å². The van der Waals surface area contributed by atoms with Crippen molar-refractivity contribution in [1.29, 1.82) is 0 Å². The number of aryl methyl sites for hydroxylation is 1. The Morgan fingerprint density at radius 2 is 1.92 bits per heavy atom. The van der Waals surface area contributed by atoms with Gasteiger partial charge >= 0.3 is 5.97 Å². The van der Waals surface area contributed by atoms with Crippen molar-refractivity contribution in [3.8, 4) is 0 Å². The predicted octanol–water partition coefficient (Wildman–Crippen LogP) is 3.02. The lowest BCUT2D eigenvalue weighted by Gasteiger charge is -2.65. The van der Waals surface area contributed by atoms with Gasteiger partial charge in [-0.15, -0.1) is 0 Å². The van der Waals surface area contributed by atoms with Gasteiger partial charge < -0.3 is 24.5 Å². The Morgan fingerprint density at radius 3 is 2.63 bits per heavy atom. The molecular formula is C29H38N2O7. The van der Waals surface area contributed by atoms with E-state index < -0.39 is 28.1 Å². The van der Waals surface area contributed by atoms with Gasteiger partial charge in [0.1, 0.15) is 12.4 Å². The molecule has 2 heterocycles. The van der Waals surface area contributed by atoms with Crippen molar-refractivity contribution in [2.45, 2.75) is 88.9 Å². The largest absolute Gasteiger partial charge is 0.469 e. The first kappa shape index (κ1) is 25.8. The Bertz CT molecular complexity index is 1210. The fourth-order valence-electron chi connectivity index (χ4n) is 9.25. The van der Waals surface area contributed by atoms with E-state index in [2.05, 4.69) is 17.5 Å². The quantitative estimate of drug-likeness (QED) is 0.268. The molecule has 0 aromatic carbocycles. The number of hydrogen-bond acceptors (Lipinski definition) is 8. The topological polar surface area (TPSA) is 142 Å². The number of esters is 1. The van der Waals surface area contributed by atoms with Gasteiger partial charge in [-0.2, -0.15) is 5.10 Å². The highest BCUT2D eigenvalue weighted by atomic mass is 16.5. The number of aliphatic hydroxyl groups is 3. The lowest BCUT2D eigenvalue weighted by atomic mass is 9.41. The van der Waals surface area contributed by atoms with Gasteiger partial charge in [-0.25, -0.2) is 10.2 Å². The van der Waals surface area contributed by atoms with Crippen molar-refractivity contribution in [3.63, 3.8) is 0 Å². The molecule has 1 aliphatic heterocycles. The minimum absolute atomic E-state index is 0.0580. The van der Waals surface area contributed by atoms with E-state index in [-0.39, 0.29) is 36.1 Å². The Labute approximate surface area is 222 Å². The molecule has 206 valence electrons. The van der Waals surface area contributed by atoms with Crippen molar-refractivity contribution in [2.24, 2.45) is 33.7 Å². The molecular weight excluding hydrogens is 488 g/mol. The van der Waals surface area contributed by atoms with Crippen LogP contribution in [0.15, 0.2) is 33.5 Å². The Hall–Kier alpha value is -2.49. The molecule has 9 heteroatoms. The van der Waals surface area contributed by atoms with Gasteiger partial charge in [0.25, 0.3) is 5.91 Å². The van der Waals surface area contributed by atoms with Crippen molar-refractivity contribution in [2.75, 3.05) is 6.61 Å². The molecule has 4 N–H and O–H groups in total. The first-order valence-electron chi connectivity index (χ1n) is 13.9. The third-order valence-corrected chi connectivity index (χ3v) is 11.2. The highest BCUT2D eigenvalue weighted by Crippen LogP contribution is 2.70. The number of aliphatic hydroxyl groups excluding tert-OH is 1. The summed E-state index contributed by atoms with van der Waals surface area (Å²) in [7, 11) is 0. The normalized spacial score (nSPS) is 44.2. The molecule has 6 rings (SSSR count). The maximum atomic E-state index is 12.7. The number of amides is 1. The number of hydrogen-bond donors (Lipinski definition) is 4. The number of ether oxygens (including phenoxy) is 1. The molecule has 4 aliphatic carbocycles. The van der Waals surface area contributed by atoms with Crippen LogP contribution < -0.4 is 5.43 Å². The number of carbonyl (C=O) groups excluding carboxylic acids is 2. The van der Waals surface area contributed by atoms with Crippen molar-refractivity contribution in [3.05, 3.63) is 35.3 Å². The number of hydrazone groups is 1. The molecule has 0 bridgehead atoms. The lowest BCUT2D eigenvalue weighted by Crippen LogP contribution is -2.68. The van der Waals surface area contributed by atoms with Crippen molar-refractivity contribution >= 4 is 18.1 Å². The number of nitrogens with zero attached hydrogens (tertiary/aromatic N) is 1. The Balaban J connectivity index is 1.33. The molecule has 5 aliphatic rings. The molecule has 0 unspecified atom stereocenters. The number of carbonyl (C=O) groups is 2. The van der Waals surface area contributed by atoms with E-state index in [1.165, 1.54) is 6.26 Å². The maximum absolute atomic E-state index is 12.7. The SMILES string of the molecule is Cc1occc1C(=O)N/N=C\[C@]12CC[C@@H](O)C[C@]1(O)CC[C@@H]1[C@@H]2CC[C@]2(C)[C@@H](C3=CC(=O)OC3)CC[C@@]12O. The van der Waals surface area contributed by atoms with Gasteiger partial charge in [-0.1, -0.05) is 6.92 Å². The van der Waals surface area contributed by atoms with E-state index >= 15 is 0 Å². The van der Waals surface area contributed by atoms with Crippen molar-refractivity contribution in [1.82, 2.24) is 5.43 Å². The van der Waals surface area contributed by atoms with Crippen LogP contribution in [0.4, 0.5) is 0 Å². The standard InChI is InChI=1S/C29H38N2O7/c1-17-20(7-12-37-17)25(34)31-30-16-27-9-3-19(32)14-28(27,35)10-5-23-22(27)4-8-26(2)21(6-11-29(23,26)36)18-13-24(33)38-15-18/h7,12-13,16,19,21-23,32,35-36H,3-6,8-11,14-15H2,1-2H3,(H,31,34)/b30-16-/t19-,21-,22+,23-,26-,27+,28-,29-/m1/s1. The summed E-state index contributed by atoms with van der Waals surface area (Å²) in [6, 6.07) is 1.59. The van der Waals surface area contributed by atoms with Crippen LogP contribution in [0.2, 0.25) is 0 Å². The van der Waals surface area contributed by atoms with Crippen LogP contribution in [-0.4, -0.2) is 57.3 Å². The van der Waals surface area contributed by atoms with Gasteiger partial charge in [0.2, 0.25) is 0 Å². The number of fused-ring (bicyclic) bond motifs is 5. The molecule has 4 saturated carbocycles. The van der Waals surface area contributed by atoms with Crippen LogP contribution in [-0.2, 0) is 9.53 Å². The zero-order chi connectivity index (χ0) is 26.9. The average Bonchev–Trinajstić information content (AvgIpc) is 3.56. The average molecular weight is 527 g/mol. The summed E-state index contributed by atoms with van der Waals surface area (Å²) in [5.74, 6) is -0.239. The summed E-state index contributed by atoms with van der Waals surface area (Å²) in [6.45, 7) is 4.17. The Morgan fingerprint density at radius 1 is 1.13 bits per heavy atom. The van der Waals surface area contributed by atoms with Gasteiger partial charge in [-0.05, 0) is 87.7 Å². The van der Waals surface area contributed by atoms with Crippen LogP contribution in [0, 0.1) is 35.5 Å². The van der Waals surface area contributed by atoms with E-state index in [1.54, 1.807) is 25.3 Å². The summed E-state index contributed by atoms with van der Waals surface area (Å²) in [5.41, 5.74) is 0.682. The molecule has 0 saturated heterocycles. The minimum atomic E-state index is -1.18. The summed E-state index contributed by atoms with van der Waals surface area (Å²) in [6.07, 6.45) is 9.53. The summed E-state index contributed by atoms with van der Waals surface area (Å²) < 4.78 is 10.5. The number of rotatable bonds is 4. The molecule has 1 amide bonds. The molecule has 9 nitrogen and oxygen atoms in total. The second-order valence-electron chi connectivity index (χ2n) is 12.6. The monoisotopic (exact) mass is 526 g/mol. The smallest absolute Gasteiger partial charge is 0.331 e. The third-order valence-electron chi connectivity index (χ3n) is 11.2. The summed E-state index contributed by atoms with van der Waals surface area (Å²) >= 11 is 0. The Kier molecular flexibility index (Phi) is 5.94. The number of cyclic esters (lactones) is 1. The molecule has 4 fully saturated rings. The first-order chi connectivity index (χ1) is 18.0. The van der Waals surface area contributed by atoms with E-state index in [0.717, 1.165) is 24.8 Å². The van der Waals surface area contributed by atoms with Crippen molar-refractivity contribution < 1.29 is 34.1 Å². The number of nitrogens with one attached hydrogen (secondary N) is 1. The number of furan rings is 1. The second kappa shape index (κ2) is 8.76. The van der Waals surface area contributed by atoms with Gasteiger partial charge in [-0.3, -0.25) is 4.79 Å². The molecule has 8 atom stereocenters. The van der Waals surface area contributed by atoms with E-state index in [1.807, 2.05) is 0 Å². The summed E-state index contributed by atoms with van der Waals surface area (Å²) in [5, 5.41) is 39.4. The molecule has 0 spiro atoms. The fraction of sp³-hybridized carbons (Fsp3) is 0.690. The fourth-order valence-corrected chi connectivity index (χ4v) is 9.25. The maximum Gasteiger partial charge on any atom is 0.331 e.